The van der Waals surface area contributed by atoms with Crippen LogP contribution in [0.3, 0.4) is 0 Å². The molecule has 23 heavy (non-hydrogen) atoms. The van der Waals surface area contributed by atoms with E-state index in [-0.39, 0.29) is 5.19 Å². The highest BCUT2D eigenvalue weighted by Gasteiger charge is 2.79. The first kappa shape index (κ1) is 18.3. The molecule has 1 aromatic carbocycles. The van der Waals surface area contributed by atoms with E-state index in [0.29, 0.717) is 0 Å². The SMILES string of the molecule is CC(C)[Si]1(C(C)C)OC(C(F)(F)F)(C(F)(F)F)c2ccccc21. The lowest BCUT2D eigenvalue weighted by Gasteiger charge is -2.40. The molecular weight excluding hydrogens is 338 g/mol. The standard InChI is InChI=1S/C15H18F6OSi/c1-9(2)23(10(3)4)12-8-6-5-7-11(12)13(22-23,14(16,17)18)15(19,20)21/h5-10H,1-4H3. The molecule has 0 spiro atoms. The van der Waals surface area contributed by atoms with E-state index in [1.54, 1.807) is 27.7 Å². The summed E-state index contributed by atoms with van der Waals surface area (Å²) in [5.74, 6) is 0. The van der Waals surface area contributed by atoms with Gasteiger partial charge in [-0.05, 0) is 16.3 Å². The van der Waals surface area contributed by atoms with Gasteiger partial charge < -0.3 is 4.43 Å². The van der Waals surface area contributed by atoms with Gasteiger partial charge in [0.1, 0.15) is 0 Å². The van der Waals surface area contributed by atoms with E-state index in [1.165, 1.54) is 18.2 Å². The van der Waals surface area contributed by atoms with E-state index in [0.717, 1.165) is 6.07 Å². The Labute approximate surface area is 131 Å². The molecule has 0 aliphatic carbocycles. The number of hydrogen-bond donors (Lipinski definition) is 0. The molecule has 0 fully saturated rings. The third-order valence-electron chi connectivity index (χ3n) is 4.56. The van der Waals surface area contributed by atoms with Crippen molar-refractivity contribution in [3.05, 3.63) is 29.8 Å². The topological polar surface area (TPSA) is 9.23 Å². The van der Waals surface area contributed by atoms with Gasteiger partial charge >= 0.3 is 12.4 Å². The van der Waals surface area contributed by atoms with Crippen LogP contribution in [0, 0.1) is 0 Å². The Kier molecular flexibility index (Phi) is 4.17. The number of fused-ring (bicyclic) bond motifs is 1. The number of rotatable bonds is 2. The normalized spacial score (nSPS) is 20.2. The van der Waals surface area contributed by atoms with Crippen LogP contribution >= 0.6 is 0 Å². The van der Waals surface area contributed by atoms with Crippen LogP contribution in [0.5, 0.6) is 0 Å². The minimum Gasteiger partial charge on any atom is -0.388 e. The van der Waals surface area contributed by atoms with Crippen molar-refractivity contribution in [3.8, 4) is 0 Å². The van der Waals surface area contributed by atoms with E-state index in [1.807, 2.05) is 0 Å². The summed E-state index contributed by atoms with van der Waals surface area (Å²) in [6.45, 7) is 6.52. The van der Waals surface area contributed by atoms with Crippen molar-refractivity contribution in [2.24, 2.45) is 0 Å². The molecule has 2 rings (SSSR count). The number of halogens is 6. The van der Waals surface area contributed by atoms with Crippen LogP contribution in [0.1, 0.15) is 33.3 Å². The number of alkyl halides is 6. The highest BCUT2D eigenvalue weighted by atomic mass is 28.4. The van der Waals surface area contributed by atoms with Gasteiger partial charge in [-0.2, -0.15) is 26.3 Å². The molecule has 0 bridgehead atoms. The Balaban J connectivity index is 2.91. The molecule has 0 N–H and O–H groups in total. The van der Waals surface area contributed by atoms with Crippen molar-refractivity contribution in [1.82, 2.24) is 0 Å². The Hall–Kier alpha value is -1.02. The molecule has 1 aliphatic heterocycles. The molecule has 0 radical (unpaired) electrons. The Morgan fingerprint density at radius 2 is 1.30 bits per heavy atom. The predicted octanol–water partition coefficient (Wildman–Crippen LogP) is 5.01. The first-order valence-electron chi connectivity index (χ1n) is 7.26. The van der Waals surface area contributed by atoms with Crippen LogP contribution in [0.2, 0.25) is 11.1 Å². The van der Waals surface area contributed by atoms with E-state index >= 15 is 0 Å². The van der Waals surface area contributed by atoms with Gasteiger partial charge in [-0.25, -0.2) is 0 Å². The third-order valence-corrected chi connectivity index (χ3v) is 9.92. The maximum Gasteiger partial charge on any atom is 0.429 e. The van der Waals surface area contributed by atoms with E-state index < -0.39 is 42.9 Å². The van der Waals surface area contributed by atoms with Crippen LogP contribution in [0.4, 0.5) is 26.3 Å². The molecule has 1 aromatic rings. The largest absolute Gasteiger partial charge is 0.429 e. The summed E-state index contributed by atoms with van der Waals surface area (Å²) < 4.78 is 87.0. The van der Waals surface area contributed by atoms with Crippen molar-refractivity contribution in [2.75, 3.05) is 0 Å². The lowest BCUT2D eigenvalue weighted by atomic mass is 9.92. The molecule has 1 aliphatic rings. The smallest absolute Gasteiger partial charge is 0.388 e. The molecular formula is C15H18F6OSi. The fraction of sp³-hybridized carbons (Fsp3) is 0.600. The second kappa shape index (κ2) is 5.24. The van der Waals surface area contributed by atoms with Gasteiger partial charge in [0, 0.05) is 5.56 Å². The van der Waals surface area contributed by atoms with E-state index in [2.05, 4.69) is 0 Å². The summed E-state index contributed by atoms with van der Waals surface area (Å²) in [6.07, 6.45) is -11.2. The first-order chi connectivity index (χ1) is 10.3. The number of hydrogen-bond acceptors (Lipinski definition) is 1. The summed E-state index contributed by atoms with van der Waals surface area (Å²) >= 11 is 0. The van der Waals surface area contributed by atoms with Gasteiger partial charge in [-0.1, -0.05) is 52.0 Å². The molecule has 1 heterocycles. The quantitative estimate of drug-likeness (QED) is 0.535. The molecule has 130 valence electrons. The summed E-state index contributed by atoms with van der Waals surface area (Å²) in [5.41, 5.74) is -5.91. The van der Waals surface area contributed by atoms with Gasteiger partial charge in [-0.15, -0.1) is 0 Å². The molecule has 0 saturated heterocycles. The minimum atomic E-state index is -5.58. The van der Waals surface area contributed by atoms with Gasteiger partial charge in [0.2, 0.25) is 8.32 Å². The zero-order chi connectivity index (χ0) is 17.8. The van der Waals surface area contributed by atoms with Crippen molar-refractivity contribution in [3.63, 3.8) is 0 Å². The molecule has 0 aromatic heterocycles. The van der Waals surface area contributed by atoms with Gasteiger partial charge in [0.15, 0.2) is 0 Å². The van der Waals surface area contributed by atoms with Crippen LogP contribution in [0.25, 0.3) is 0 Å². The van der Waals surface area contributed by atoms with Gasteiger partial charge in [0.05, 0.1) is 0 Å². The maximum atomic E-state index is 13.6. The Morgan fingerprint density at radius 3 is 1.70 bits per heavy atom. The van der Waals surface area contributed by atoms with Gasteiger partial charge in [-0.3, -0.25) is 0 Å². The molecule has 8 heteroatoms. The van der Waals surface area contributed by atoms with Crippen molar-refractivity contribution in [1.29, 1.82) is 0 Å². The van der Waals surface area contributed by atoms with E-state index in [9.17, 15) is 26.3 Å². The minimum absolute atomic E-state index is 0.0969. The highest BCUT2D eigenvalue weighted by Crippen LogP contribution is 2.59. The monoisotopic (exact) mass is 356 g/mol. The maximum absolute atomic E-state index is 13.6. The first-order valence-corrected chi connectivity index (χ1v) is 9.32. The molecule has 1 nitrogen and oxygen atoms in total. The van der Waals surface area contributed by atoms with Crippen LogP contribution in [-0.4, -0.2) is 20.7 Å². The second-order valence-electron chi connectivity index (χ2n) is 6.43. The van der Waals surface area contributed by atoms with E-state index in [4.69, 9.17) is 4.43 Å². The van der Waals surface area contributed by atoms with Gasteiger partial charge in [0.25, 0.3) is 5.60 Å². The van der Waals surface area contributed by atoms with Crippen LogP contribution < -0.4 is 5.19 Å². The van der Waals surface area contributed by atoms with Crippen molar-refractivity contribution < 1.29 is 30.8 Å². The Morgan fingerprint density at radius 1 is 0.870 bits per heavy atom. The zero-order valence-corrected chi connectivity index (χ0v) is 14.1. The lowest BCUT2D eigenvalue weighted by molar-refractivity contribution is -0.365. The third kappa shape index (κ3) is 2.25. The predicted molar refractivity (Wildman–Crippen MR) is 76.9 cm³/mol. The fourth-order valence-corrected chi connectivity index (χ4v) is 8.64. The molecule has 0 atom stereocenters. The average Bonchev–Trinajstić information content (AvgIpc) is 2.71. The summed E-state index contributed by atoms with van der Waals surface area (Å²) in [6, 6.07) is 4.92. The summed E-state index contributed by atoms with van der Waals surface area (Å²) in [5, 5.41) is 0.0969. The van der Waals surface area contributed by atoms with Crippen molar-refractivity contribution >= 4 is 13.5 Å². The number of benzene rings is 1. The Bertz CT molecular complexity index is 568. The highest BCUT2D eigenvalue weighted by molar-refractivity contribution is 6.90. The molecule has 0 unspecified atom stereocenters. The fourth-order valence-electron chi connectivity index (χ4n) is 3.60. The zero-order valence-electron chi connectivity index (χ0n) is 13.1. The summed E-state index contributed by atoms with van der Waals surface area (Å²) in [7, 11) is -3.50. The van der Waals surface area contributed by atoms with Crippen LogP contribution in [-0.2, 0) is 10.0 Å². The molecule has 0 amide bonds. The second-order valence-corrected chi connectivity index (χ2v) is 11.1. The average molecular weight is 356 g/mol. The van der Waals surface area contributed by atoms with Crippen molar-refractivity contribution in [2.45, 2.75) is 56.7 Å². The summed E-state index contributed by atoms with van der Waals surface area (Å²) in [4.78, 5) is 0. The van der Waals surface area contributed by atoms with Crippen LogP contribution in [0.15, 0.2) is 24.3 Å². The lowest BCUT2D eigenvalue weighted by Crippen LogP contribution is -2.59. The molecule has 0 saturated carbocycles.